The van der Waals surface area contributed by atoms with Crippen LogP contribution >= 0.6 is 0 Å². The van der Waals surface area contributed by atoms with Crippen molar-refractivity contribution in [2.75, 3.05) is 70.4 Å². The van der Waals surface area contributed by atoms with Crippen molar-refractivity contribution in [2.45, 2.75) is 33.2 Å². The van der Waals surface area contributed by atoms with Crippen LogP contribution in [0.3, 0.4) is 0 Å². The van der Waals surface area contributed by atoms with E-state index in [9.17, 15) is 9.59 Å². The van der Waals surface area contributed by atoms with Gasteiger partial charge in [0, 0.05) is 76.6 Å². The van der Waals surface area contributed by atoms with E-state index in [0.29, 0.717) is 39.2 Å². The predicted molar refractivity (Wildman–Crippen MR) is 139 cm³/mol. The van der Waals surface area contributed by atoms with E-state index in [0.717, 1.165) is 57.0 Å². The number of nitrogens with one attached hydrogen (secondary N) is 2. The zero-order valence-electron chi connectivity index (χ0n) is 21.3. The summed E-state index contributed by atoms with van der Waals surface area (Å²) in [5, 5.41) is 6.75. The van der Waals surface area contributed by atoms with Crippen molar-refractivity contribution in [2.24, 2.45) is 11.8 Å². The highest BCUT2D eigenvalue weighted by Crippen LogP contribution is 2.30. The summed E-state index contributed by atoms with van der Waals surface area (Å²) in [4.78, 5) is 32.0. The van der Waals surface area contributed by atoms with E-state index in [4.69, 9.17) is 4.74 Å². The van der Waals surface area contributed by atoms with Crippen LogP contribution in [0.25, 0.3) is 0 Å². The predicted octanol–water partition coefficient (Wildman–Crippen LogP) is 1.86. The van der Waals surface area contributed by atoms with Crippen LogP contribution in [0.5, 0.6) is 5.75 Å². The molecule has 2 saturated heterocycles. The summed E-state index contributed by atoms with van der Waals surface area (Å²) >= 11 is 0. The topological polar surface area (TPSA) is 77.2 Å². The lowest BCUT2D eigenvalue weighted by molar-refractivity contribution is -0.134. The second-order valence-corrected chi connectivity index (χ2v) is 9.69. The lowest BCUT2D eigenvalue weighted by Crippen LogP contribution is -2.47. The van der Waals surface area contributed by atoms with Crippen LogP contribution in [0, 0.1) is 11.8 Å². The van der Waals surface area contributed by atoms with Gasteiger partial charge in [0.25, 0.3) is 0 Å². The first-order valence-corrected chi connectivity index (χ1v) is 13.2. The molecular weight excluding hydrogens is 442 g/mol. The third-order valence-corrected chi connectivity index (χ3v) is 7.55. The molecule has 4 rings (SSSR count). The van der Waals surface area contributed by atoms with Crippen LogP contribution in [0.15, 0.2) is 30.4 Å². The molecule has 1 aromatic rings. The van der Waals surface area contributed by atoms with E-state index in [1.807, 2.05) is 23.6 Å². The summed E-state index contributed by atoms with van der Waals surface area (Å²) in [6.45, 7) is 12.2. The Morgan fingerprint density at radius 2 is 1.89 bits per heavy atom. The maximum atomic E-state index is 13.0. The Bertz CT molecular complexity index is 895. The number of amides is 2. The minimum absolute atomic E-state index is 0.122. The van der Waals surface area contributed by atoms with Gasteiger partial charge in [0.05, 0.1) is 6.54 Å². The molecule has 8 heteroatoms. The molecule has 1 aromatic carbocycles. The highest BCUT2D eigenvalue weighted by atomic mass is 16.5. The molecule has 2 amide bonds. The summed E-state index contributed by atoms with van der Waals surface area (Å²) in [5.41, 5.74) is 2.27. The number of rotatable bonds is 5. The lowest BCUT2D eigenvalue weighted by atomic mass is 9.82. The molecule has 2 bridgehead atoms. The molecular formula is C27H41N5O3. The molecule has 3 aliphatic heterocycles. The fourth-order valence-electron chi connectivity index (χ4n) is 5.41. The summed E-state index contributed by atoms with van der Waals surface area (Å²) in [5.74, 6) is 1.59. The van der Waals surface area contributed by atoms with Gasteiger partial charge in [-0.25, -0.2) is 0 Å². The standard InChI is InChI=1S/C27H41N5O3/c1-3-30(4-2)26(33)17-21-9-12-32-20-22(21)6-5-15-35-25-8-7-24(31-13-10-28-11-14-31)16-23(25)18-29-19-27(32)34/h5-8,16,21-22,28-29H,3-4,9-15,17-20H2,1-2H3/t21-,22-/m0/s1. The first-order valence-electron chi connectivity index (χ1n) is 13.2. The number of piperazine rings is 1. The Balaban J connectivity index is 1.48. The van der Waals surface area contributed by atoms with Crippen molar-refractivity contribution in [3.05, 3.63) is 35.9 Å². The van der Waals surface area contributed by atoms with Crippen LogP contribution < -0.4 is 20.3 Å². The zero-order valence-corrected chi connectivity index (χ0v) is 21.3. The van der Waals surface area contributed by atoms with Crippen LogP contribution in [-0.4, -0.2) is 87.1 Å². The van der Waals surface area contributed by atoms with Gasteiger partial charge in [-0.3, -0.25) is 9.59 Å². The molecule has 8 nitrogen and oxygen atoms in total. The fraction of sp³-hybridized carbons (Fsp3) is 0.630. The van der Waals surface area contributed by atoms with E-state index in [1.54, 1.807) is 0 Å². The Morgan fingerprint density at radius 3 is 2.66 bits per heavy atom. The van der Waals surface area contributed by atoms with Crippen LogP contribution in [-0.2, 0) is 16.1 Å². The molecule has 2 N–H and O–H groups in total. The number of hydrogen-bond acceptors (Lipinski definition) is 6. The van der Waals surface area contributed by atoms with Crippen molar-refractivity contribution in [1.82, 2.24) is 20.4 Å². The summed E-state index contributed by atoms with van der Waals surface area (Å²) < 4.78 is 6.17. The molecule has 2 fully saturated rings. The van der Waals surface area contributed by atoms with E-state index in [-0.39, 0.29) is 23.7 Å². The highest BCUT2D eigenvalue weighted by molar-refractivity contribution is 5.79. The van der Waals surface area contributed by atoms with Gasteiger partial charge in [0.15, 0.2) is 0 Å². The molecule has 3 aliphatic rings. The molecule has 0 radical (unpaired) electrons. The van der Waals surface area contributed by atoms with Crippen molar-refractivity contribution in [3.8, 4) is 5.75 Å². The van der Waals surface area contributed by atoms with Gasteiger partial charge < -0.3 is 30.1 Å². The lowest BCUT2D eigenvalue weighted by Gasteiger charge is -2.38. The molecule has 0 spiro atoms. The third kappa shape index (κ3) is 6.55. The number of ether oxygens (including phenoxy) is 1. The molecule has 2 atom stereocenters. The number of piperidine rings is 1. The van der Waals surface area contributed by atoms with Crippen molar-refractivity contribution in [1.29, 1.82) is 0 Å². The number of hydrogen-bond donors (Lipinski definition) is 2. The van der Waals surface area contributed by atoms with Gasteiger partial charge in [0.2, 0.25) is 11.8 Å². The average molecular weight is 484 g/mol. The third-order valence-electron chi connectivity index (χ3n) is 7.55. The second kappa shape index (κ2) is 12.4. The minimum Gasteiger partial charge on any atom is -0.489 e. The van der Waals surface area contributed by atoms with Gasteiger partial charge in [-0.15, -0.1) is 0 Å². The molecule has 0 aromatic heterocycles. The average Bonchev–Trinajstić information content (AvgIpc) is 2.89. The smallest absolute Gasteiger partial charge is 0.236 e. The van der Waals surface area contributed by atoms with Crippen molar-refractivity contribution < 1.29 is 14.3 Å². The van der Waals surface area contributed by atoms with Crippen LogP contribution in [0.4, 0.5) is 5.69 Å². The van der Waals surface area contributed by atoms with Gasteiger partial charge in [0.1, 0.15) is 12.4 Å². The Kier molecular flexibility index (Phi) is 9.04. The number of carbonyl (C=O) groups excluding carboxylic acids is 2. The Labute approximate surface area is 209 Å². The largest absolute Gasteiger partial charge is 0.489 e. The molecule has 35 heavy (non-hydrogen) atoms. The molecule has 192 valence electrons. The Morgan fingerprint density at radius 1 is 1.09 bits per heavy atom. The van der Waals surface area contributed by atoms with Crippen LogP contribution in [0.1, 0.15) is 32.3 Å². The van der Waals surface area contributed by atoms with Gasteiger partial charge in [-0.05, 0) is 50.3 Å². The zero-order chi connectivity index (χ0) is 24.6. The minimum atomic E-state index is 0.122. The first-order chi connectivity index (χ1) is 17.1. The highest BCUT2D eigenvalue weighted by Gasteiger charge is 2.32. The fourth-order valence-corrected chi connectivity index (χ4v) is 5.41. The molecule has 0 unspecified atom stereocenters. The van der Waals surface area contributed by atoms with Gasteiger partial charge >= 0.3 is 0 Å². The Hall–Kier alpha value is -2.58. The summed E-state index contributed by atoms with van der Waals surface area (Å²) in [6, 6.07) is 6.37. The molecule has 3 heterocycles. The molecule has 0 saturated carbocycles. The van der Waals surface area contributed by atoms with E-state index >= 15 is 0 Å². The number of anilines is 1. The van der Waals surface area contributed by atoms with Gasteiger partial charge in [-0.1, -0.05) is 12.2 Å². The van der Waals surface area contributed by atoms with Crippen molar-refractivity contribution >= 4 is 17.5 Å². The van der Waals surface area contributed by atoms with E-state index < -0.39 is 0 Å². The SMILES string of the molecule is CCN(CC)C(=O)C[C@@H]1CCN2C[C@@H]1C=CCOc1ccc(N3CCNCC3)cc1CNCC2=O. The summed E-state index contributed by atoms with van der Waals surface area (Å²) in [6.07, 6.45) is 5.62. The number of nitrogens with zero attached hydrogens (tertiary/aromatic N) is 3. The summed E-state index contributed by atoms with van der Waals surface area (Å²) in [7, 11) is 0. The van der Waals surface area contributed by atoms with E-state index in [2.05, 4.69) is 45.9 Å². The maximum Gasteiger partial charge on any atom is 0.236 e. The van der Waals surface area contributed by atoms with Crippen LogP contribution in [0.2, 0.25) is 0 Å². The number of benzene rings is 1. The number of carbonyl (C=O) groups is 2. The van der Waals surface area contributed by atoms with Crippen molar-refractivity contribution in [3.63, 3.8) is 0 Å². The second-order valence-electron chi connectivity index (χ2n) is 9.69. The first kappa shape index (κ1) is 25.5. The maximum absolute atomic E-state index is 13.0. The monoisotopic (exact) mass is 483 g/mol. The quantitative estimate of drug-likeness (QED) is 0.623. The normalized spacial score (nSPS) is 23.4. The number of fused-ring (bicyclic) bond motifs is 3. The van der Waals surface area contributed by atoms with E-state index in [1.165, 1.54) is 5.69 Å². The molecule has 0 aliphatic carbocycles. The van der Waals surface area contributed by atoms with Gasteiger partial charge in [-0.2, -0.15) is 0 Å².